The molecule has 0 radical (unpaired) electrons. The van der Waals surface area contributed by atoms with E-state index in [1.54, 1.807) is 24.3 Å². The molecule has 106 valence electrons. The van der Waals surface area contributed by atoms with Gasteiger partial charge in [0.15, 0.2) is 0 Å². The second-order valence-corrected chi connectivity index (χ2v) is 5.43. The van der Waals surface area contributed by atoms with E-state index in [1.807, 2.05) is 6.92 Å². The van der Waals surface area contributed by atoms with Gasteiger partial charge in [0.1, 0.15) is 17.7 Å². The summed E-state index contributed by atoms with van der Waals surface area (Å²) in [7, 11) is 0. The van der Waals surface area contributed by atoms with Gasteiger partial charge < -0.3 is 9.84 Å². The Bertz CT molecular complexity index is 619. The van der Waals surface area contributed by atoms with Gasteiger partial charge >= 0.3 is 0 Å². The minimum Gasteiger partial charge on any atom is -0.493 e. The number of hydrogen-bond acceptors (Lipinski definition) is 2. The first-order valence-electron chi connectivity index (χ1n) is 6.08. The highest BCUT2D eigenvalue weighted by Gasteiger charge is 2.17. The van der Waals surface area contributed by atoms with Crippen LogP contribution in [0.25, 0.3) is 0 Å². The summed E-state index contributed by atoms with van der Waals surface area (Å²) < 4.78 is 20.0. The second-order valence-electron chi connectivity index (χ2n) is 4.17. The standard InChI is InChI=1S/C15H13BrClFO2/c1-2-20-13-7-6-9(8-11(13)16)15(19)10-4-3-5-12(17)14(10)18/h3-8,15,19H,2H2,1H3. The molecule has 1 N–H and O–H groups in total. The van der Waals surface area contributed by atoms with Crippen molar-refractivity contribution >= 4 is 27.5 Å². The summed E-state index contributed by atoms with van der Waals surface area (Å²) in [6, 6.07) is 9.69. The zero-order valence-electron chi connectivity index (χ0n) is 10.7. The minimum atomic E-state index is -1.08. The first-order chi connectivity index (χ1) is 9.54. The molecule has 0 amide bonds. The highest BCUT2D eigenvalue weighted by Crippen LogP contribution is 2.32. The second kappa shape index (κ2) is 6.57. The predicted molar refractivity (Wildman–Crippen MR) is 80.8 cm³/mol. The summed E-state index contributed by atoms with van der Waals surface area (Å²) in [5.41, 5.74) is 0.704. The molecule has 2 aromatic rings. The lowest BCUT2D eigenvalue weighted by molar-refractivity contribution is 0.214. The van der Waals surface area contributed by atoms with Gasteiger partial charge in [-0.1, -0.05) is 29.8 Å². The fraction of sp³-hybridized carbons (Fsp3) is 0.200. The average Bonchev–Trinajstić information content (AvgIpc) is 2.43. The molecular formula is C15H13BrClFO2. The smallest absolute Gasteiger partial charge is 0.147 e. The Morgan fingerprint density at radius 1 is 1.35 bits per heavy atom. The van der Waals surface area contributed by atoms with E-state index < -0.39 is 11.9 Å². The molecule has 0 aliphatic carbocycles. The molecule has 5 heteroatoms. The lowest BCUT2D eigenvalue weighted by Crippen LogP contribution is -2.03. The number of benzene rings is 2. The largest absolute Gasteiger partial charge is 0.493 e. The van der Waals surface area contributed by atoms with Crippen molar-refractivity contribution in [3.8, 4) is 5.75 Å². The van der Waals surface area contributed by atoms with Crippen LogP contribution in [0.2, 0.25) is 5.02 Å². The molecule has 0 heterocycles. The molecule has 20 heavy (non-hydrogen) atoms. The van der Waals surface area contributed by atoms with E-state index in [0.717, 1.165) is 0 Å². The van der Waals surface area contributed by atoms with E-state index in [4.69, 9.17) is 16.3 Å². The molecule has 0 aliphatic heterocycles. The predicted octanol–water partition coefficient (Wildman–Crippen LogP) is 4.72. The molecule has 0 aliphatic rings. The van der Waals surface area contributed by atoms with E-state index in [2.05, 4.69) is 15.9 Å². The molecule has 0 spiro atoms. The summed E-state index contributed by atoms with van der Waals surface area (Å²) in [4.78, 5) is 0. The zero-order valence-corrected chi connectivity index (χ0v) is 13.1. The zero-order chi connectivity index (χ0) is 14.7. The van der Waals surface area contributed by atoms with Gasteiger partial charge in [-0.3, -0.25) is 0 Å². The van der Waals surface area contributed by atoms with Crippen LogP contribution in [-0.4, -0.2) is 11.7 Å². The number of hydrogen-bond donors (Lipinski definition) is 1. The molecule has 0 saturated heterocycles. The van der Waals surface area contributed by atoms with Crippen molar-refractivity contribution in [1.29, 1.82) is 0 Å². The summed E-state index contributed by atoms with van der Waals surface area (Å²) in [6.45, 7) is 2.43. The van der Waals surface area contributed by atoms with Gasteiger partial charge in [0, 0.05) is 5.56 Å². The van der Waals surface area contributed by atoms with Crippen molar-refractivity contribution in [2.24, 2.45) is 0 Å². The van der Waals surface area contributed by atoms with Crippen LogP contribution >= 0.6 is 27.5 Å². The van der Waals surface area contributed by atoms with E-state index in [-0.39, 0.29) is 10.6 Å². The van der Waals surface area contributed by atoms with Crippen LogP contribution in [0, 0.1) is 5.82 Å². The normalized spacial score (nSPS) is 12.2. The van der Waals surface area contributed by atoms with Crippen molar-refractivity contribution in [2.45, 2.75) is 13.0 Å². The topological polar surface area (TPSA) is 29.5 Å². The SMILES string of the molecule is CCOc1ccc(C(O)c2cccc(Cl)c2F)cc1Br. The lowest BCUT2D eigenvalue weighted by Gasteiger charge is -2.15. The van der Waals surface area contributed by atoms with E-state index in [1.165, 1.54) is 12.1 Å². The third-order valence-electron chi connectivity index (χ3n) is 2.85. The average molecular weight is 360 g/mol. The molecule has 2 rings (SSSR count). The molecule has 0 aromatic heterocycles. The first-order valence-corrected chi connectivity index (χ1v) is 7.26. The molecule has 1 atom stereocenters. The Kier molecular flexibility index (Phi) is 5.02. The molecule has 2 aromatic carbocycles. The minimum absolute atomic E-state index is 0.00782. The van der Waals surface area contributed by atoms with Gasteiger partial charge in [0.25, 0.3) is 0 Å². The Hall–Kier alpha value is -1.10. The lowest BCUT2D eigenvalue weighted by atomic mass is 10.0. The number of ether oxygens (including phenoxy) is 1. The summed E-state index contributed by atoms with van der Waals surface area (Å²) in [6.07, 6.45) is -1.08. The number of aliphatic hydroxyl groups is 1. The maximum Gasteiger partial charge on any atom is 0.147 e. The molecule has 0 saturated carbocycles. The van der Waals surface area contributed by atoms with Gasteiger partial charge in [0.2, 0.25) is 0 Å². The molecule has 0 fully saturated rings. The Labute approximate surface area is 130 Å². The fourth-order valence-corrected chi connectivity index (χ4v) is 2.56. The van der Waals surface area contributed by atoms with E-state index in [9.17, 15) is 9.50 Å². The Morgan fingerprint density at radius 2 is 2.10 bits per heavy atom. The summed E-state index contributed by atoms with van der Waals surface area (Å²) >= 11 is 9.09. The molecular weight excluding hydrogens is 347 g/mol. The van der Waals surface area contributed by atoms with Crippen LogP contribution < -0.4 is 4.74 Å². The molecule has 0 bridgehead atoms. The van der Waals surface area contributed by atoms with Crippen molar-refractivity contribution in [1.82, 2.24) is 0 Å². The highest BCUT2D eigenvalue weighted by atomic mass is 79.9. The van der Waals surface area contributed by atoms with Gasteiger partial charge in [-0.25, -0.2) is 4.39 Å². The van der Waals surface area contributed by atoms with Gasteiger partial charge in [-0.2, -0.15) is 0 Å². The van der Waals surface area contributed by atoms with Crippen LogP contribution in [0.15, 0.2) is 40.9 Å². The van der Waals surface area contributed by atoms with Crippen LogP contribution in [0.3, 0.4) is 0 Å². The maximum atomic E-state index is 13.9. The first kappa shape index (κ1) is 15.3. The quantitative estimate of drug-likeness (QED) is 0.856. The third-order valence-corrected chi connectivity index (χ3v) is 3.76. The van der Waals surface area contributed by atoms with Gasteiger partial charge in [-0.15, -0.1) is 0 Å². The van der Waals surface area contributed by atoms with Gasteiger partial charge in [-0.05, 0) is 46.6 Å². The van der Waals surface area contributed by atoms with Crippen molar-refractivity contribution in [3.63, 3.8) is 0 Å². The summed E-state index contributed by atoms with van der Waals surface area (Å²) in [5.74, 6) is 0.0710. The summed E-state index contributed by atoms with van der Waals surface area (Å²) in [5, 5.41) is 10.3. The fourth-order valence-electron chi connectivity index (χ4n) is 1.87. The number of aliphatic hydroxyl groups excluding tert-OH is 1. The van der Waals surface area contributed by atoms with Crippen LogP contribution in [0.4, 0.5) is 4.39 Å². The molecule has 2 nitrogen and oxygen atoms in total. The van der Waals surface area contributed by atoms with Crippen molar-refractivity contribution < 1.29 is 14.2 Å². The highest BCUT2D eigenvalue weighted by molar-refractivity contribution is 9.10. The monoisotopic (exact) mass is 358 g/mol. The third kappa shape index (κ3) is 3.14. The Morgan fingerprint density at radius 3 is 2.75 bits per heavy atom. The Balaban J connectivity index is 2.36. The van der Waals surface area contributed by atoms with Crippen molar-refractivity contribution in [2.75, 3.05) is 6.61 Å². The van der Waals surface area contributed by atoms with E-state index in [0.29, 0.717) is 22.4 Å². The maximum absolute atomic E-state index is 13.9. The number of rotatable bonds is 4. The van der Waals surface area contributed by atoms with Crippen LogP contribution in [0.1, 0.15) is 24.2 Å². The van der Waals surface area contributed by atoms with Crippen molar-refractivity contribution in [3.05, 3.63) is 62.8 Å². The van der Waals surface area contributed by atoms with Crippen LogP contribution in [-0.2, 0) is 0 Å². The molecule has 1 unspecified atom stereocenters. The number of halogens is 3. The van der Waals surface area contributed by atoms with Crippen LogP contribution in [0.5, 0.6) is 5.75 Å². The van der Waals surface area contributed by atoms with E-state index >= 15 is 0 Å². The van der Waals surface area contributed by atoms with Gasteiger partial charge in [0.05, 0.1) is 16.1 Å².